The molecule has 0 saturated heterocycles. The van der Waals surface area contributed by atoms with Crippen molar-refractivity contribution < 1.29 is 4.52 Å². The van der Waals surface area contributed by atoms with Crippen molar-refractivity contribution in [3.8, 4) is 11.4 Å². The minimum Gasteiger partial charge on any atom is -0.338 e. The first kappa shape index (κ1) is 13.2. The maximum Gasteiger partial charge on any atom is 0.241 e. The van der Waals surface area contributed by atoms with Gasteiger partial charge in [0.1, 0.15) is 5.82 Å². The molecule has 6 nitrogen and oxygen atoms in total. The van der Waals surface area contributed by atoms with Gasteiger partial charge in [-0.05, 0) is 12.5 Å². The average molecular weight is 295 g/mol. The third-order valence-electron chi connectivity index (χ3n) is 4.04. The minimum atomic E-state index is 0.651. The molecule has 22 heavy (non-hydrogen) atoms. The van der Waals surface area contributed by atoms with E-state index in [-0.39, 0.29) is 0 Å². The summed E-state index contributed by atoms with van der Waals surface area (Å²) < 4.78 is 7.60. The summed E-state index contributed by atoms with van der Waals surface area (Å²) in [5.74, 6) is 2.40. The summed E-state index contributed by atoms with van der Waals surface area (Å²) in [6.45, 7) is 5.44. The number of nitrogens with zero attached hydrogens (tertiary/aromatic N) is 5. The smallest absolute Gasteiger partial charge is 0.241 e. The monoisotopic (exact) mass is 295 g/mol. The van der Waals surface area contributed by atoms with Crippen LogP contribution in [0.4, 0.5) is 0 Å². The van der Waals surface area contributed by atoms with Crippen molar-refractivity contribution in [2.24, 2.45) is 0 Å². The van der Waals surface area contributed by atoms with Gasteiger partial charge in [-0.1, -0.05) is 29.4 Å². The van der Waals surface area contributed by atoms with Crippen LogP contribution in [0, 0.1) is 6.92 Å². The highest BCUT2D eigenvalue weighted by atomic mass is 16.5. The van der Waals surface area contributed by atoms with Crippen LogP contribution in [0.1, 0.15) is 17.3 Å². The van der Waals surface area contributed by atoms with Gasteiger partial charge in [0, 0.05) is 31.0 Å². The second kappa shape index (κ2) is 5.38. The van der Waals surface area contributed by atoms with E-state index in [2.05, 4.69) is 37.6 Å². The molecule has 0 aliphatic carbocycles. The number of rotatable bonds is 3. The van der Waals surface area contributed by atoms with Crippen molar-refractivity contribution >= 4 is 0 Å². The summed E-state index contributed by atoms with van der Waals surface area (Å²) in [4.78, 5) is 11.2. The van der Waals surface area contributed by atoms with Crippen molar-refractivity contribution in [1.82, 2.24) is 24.6 Å². The number of fused-ring (bicyclic) bond motifs is 1. The van der Waals surface area contributed by atoms with E-state index < -0.39 is 0 Å². The van der Waals surface area contributed by atoms with Gasteiger partial charge >= 0.3 is 0 Å². The topological polar surface area (TPSA) is 60.0 Å². The van der Waals surface area contributed by atoms with Crippen LogP contribution in [0.2, 0.25) is 0 Å². The normalized spacial score (nSPS) is 15.0. The molecule has 0 saturated carbocycles. The quantitative estimate of drug-likeness (QED) is 0.741. The second-order valence-corrected chi connectivity index (χ2v) is 5.57. The van der Waals surface area contributed by atoms with E-state index >= 15 is 0 Å². The fraction of sp³-hybridized carbons (Fsp3) is 0.312. The third-order valence-corrected chi connectivity index (χ3v) is 4.04. The molecule has 112 valence electrons. The average Bonchev–Trinajstić information content (AvgIpc) is 3.16. The zero-order chi connectivity index (χ0) is 14.9. The lowest BCUT2D eigenvalue weighted by Crippen LogP contribution is -2.33. The highest BCUT2D eigenvalue weighted by molar-refractivity contribution is 5.58. The molecule has 0 unspecified atom stereocenters. The highest BCUT2D eigenvalue weighted by Crippen LogP contribution is 2.21. The van der Waals surface area contributed by atoms with Crippen LogP contribution in [0.25, 0.3) is 11.4 Å². The van der Waals surface area contributed by atoms with Crippen LogP contribution in [-0.4, -0.2) is 31.1 Å². The Morgan fingerprint density at radius 3 is 3.05 bits per heavy atom. The Bertz CT molecular complexity index is 791. The molecule has 1 aromatic carbocycles. The molecule has 3 aromatic rings. The standard InChI is InChI=1S/C16H17N5O/c1-12-4-2-3-5-13(12)16-18-15(22-19-16)11-20-8-9-21-7-6-17-14(21)10-20/h2-7H,8-11H2,1H3. The second-order valence-electron chi connectivity index (χ2n) is 5.57. The maximum absolute atomic E-state index is 5.42. The molecule has 0 N–H and O–H groups in total. The number of aryl methyl sites for hydroxylation is 1. The number of aromatic nitrogens is 4. The van der Waals surface area contributed by atoms with Crippen LogP contribution in [0.15, 0.2) is 41.2 Å². The molecule has 6 heteroatoms. The van der Waals surface area contributed by atoms with E-state index in [9.17, 15) is 0 Å². The van der Waals surface area contributed by atoms with Gasteiger partial charge < -0.3 is 9.09 Å². The Morgan fingerprint density at radius 2 is 2.14 bits per heavy atom. The molecule has 1 aliphatic rings. The lowest BCUT2D eigenvalue weighted by molar-refractivity contribution is 0.183. The van der Waals surface area contributed by atoms with Gasteiger partial charge in [0.25, 0.3) is 0 Å². The van der Waals surface area contributed by atoms with E-state index in [0.29, 0.717) is 18.3 Å². The van der Waals surface area contributed by atoms with E-state index in [0.717, 1.165) is 36.6 Å². The molecular formula is C16H17N5O. The van der Waals surface area contributed by atoms with Gasteiger partial charge in [-0.2, -0.15) is 4.98 Å². The zero-order valence-corrected chi connectivity index (χ0v) is 12.4. The Kier molecular flexibility index (Phi) is 3.23. The van der Waals surface area contributed by atoms with Crippen LogP contribution < -0.4 is 0 Å². The third kappa shape index (κ3) is 2.42. The first-order valence-corrected chi connectivity index (χ1v) is 7.40. The van der Waals surface area contributed by atoms with Gasteiger partial charge in [-0.25, -0.2) is 4.98 Å². The molecule has 4 rings (SSSR count). The molecule has 0 amide bonds. The van der Waals surface area contributed by atoms with Crippen molar-refractivity contribution in [1.29, 1.82) is 0 Å². The lowest BCUT2D eigenvalue weighted by atomic mass is 10.1. The molecule has 3 heterocycles. The number of imidazole rings is 1. The van der Waals surface area contributed by atoms with Gasteiger partial charge in [0.05, 0.1) is 13.1 Å². The summed E-state index contributed by atoms with van der Waals surface area (Å²) in [5, 5.41) is 4.11. The lowest BCUT2D eigenvalue weighted by Gasteiger charge is -2.25. The van der Waals surface area contributed by atoms with E-state index in [1.807, 2.05) is 30.6 Å². The molecule has 0 spiro atoms. The molecule has 0 bridgehead atoms. The molecule has 2 aromatic heterocycles. The number of hydrogen-bond acceptors (Lipinski definition) is 5. The van der Waals surface area contributed by atoms with Crippen molar-refractivity contribution in [2.75, 3.05) is 6.54 Å². The summed E-state index contributed by atoms with van der Waals surface area (Å²) in [6.07, 6.45) is 3.87. The number of benzene rings is 1. The minimum absolute atomic E-state index is 0.651. The maximum atomic E-state index is 5.42. The Balaban J connectivity index is 1.50. The van der Waals surface area contributed by atoms with E-state index in [4.69, 9.17) is 4.52 Å². The number of hydrogen-bond donors (Lipinski definition) is 0. The molecular weight excluding hydrogens is 278 g/mol. The Labute approximate surface area is 128 Å². The van der Waals surface area contributed by atoms with E-state index in [1.165, 1.54) is 0 Å². The molecule has 0 radical (unpaired) electrons. The van der Waals surface area contributed by atoms with Gasteiger partial charge in [-0.15, -0.1) is 0 Å². The Morgan fingerprint density at radius 1 is 1.23 bits per heavy atom. The molecule has 0 atom stereocenters. The van der Waals surface area contributed by atoms with Crippen molar-refractivity contribution in [3.05, 3.63) is 53.9 Å². The van der Waals surface area contributed by atoms with Gasteiger partial charge in [0.15, 0.2) is 0 Å². The van der Waals surface area contributed by atoms with Crippen LogP contribution in [0.5, 0.6) is 0 Å². The van der Waals surface area contributed by atoms with Crippen LogP contribution >= 0.6 is 0 Å². The van der Waals surface area contributed by atoms with Gasteiger partial charge in [-0.3, -0.25) is 4.90 Å². The summed E-state index contributed by atoms with van der Waals surface area (Å²) in [6, 6.07) is 8.07. The largest absolute Gasteiger partial charge is 0.338 e. The fourth-order valence-corrected chi connectivity index (χ4v) is 2.80. The predicted octanol–water partition coefficient (Wildman–Crippen LogP) is 2.26. The first-order valence-electron chi connectivity index (χ1n) is 7.40. The Hall–Kier alpha value is -2.47. The van der Waals surface area contributed by atoms with Crippen molar-refractivity contribution in [3.63, 3.8) is 0 Å². The van der Waals surface area contributed by atoms with Crippen LogP contribution in [0.3, 0.4) is 0 Å². The zero-order valence-electron chi connectivity index (χ0n) is 12.4. The van der Waals surface area contributed by atoms with Crippen LogP contribution in [-0.2, 0) is 19.6 Å². The first-order chi connectivity index (χ1) is 10.8. The van der Waals surface area contributed by atoms with Crippen molar-refractivity contribution in [2.45, 2.75) is 26.6 Å². The van der Waals surface area contributed by atoms with Gasteiger partial charge in [0.2, 0.25) is 11.7 Å². The fourth-order valence-electron chi connectivity index (χ4n) is 2.80. The molecule has 1 aliphatic heterocycles. The van der Waals surface area contributed by atoms with E-state index in [1.54, 1.807) is 0 Å². The summed E-state index contributed by atoms with van der Waals surface area (Å²) in [5.41, 5.74) is 2.17. The molecule has 0 fully saturated rings. The summed E-state index contributed by atoms with van der Waals surface area (Å²) in [7, 11) is 0. The SMILES string of the molecule is Cc1ccccc1-c1noc(CN2CCn3ccnc3C2)n1. The predicted molar refractivity (Wildman–Crippen MR) is 80.8 cm³/mol. The summed E-state index contributed by atoms with van der Waals surface area (Å²) >= 11 is 0. The highest BCUT2D eigenvalue weighted by Gasteiger charge is 2.19.